The third kappa shape index (κ3) is 4.91. The average Bonchev–Trinajstić information content (AvgIpc) is 2.86. The molecule has 2 bridgehead atoms. The summed E-state index contributed by atoms with van der Waals surface area (Å²) in [5, 5.41) is 8.90. The molecule has 5 nitrogen and oxygen atoms in total. The molecule has 3 aliphatic heterocycles. The lowest BCUT2D eigenvalue weighted by molar-refractivity contribution is 0.00443. The second-order valence-corrected chi connectivity index (χ2v) is 10.4. The summed E-state index contributed by atoms with van der Waals surface area (Å²) in [4.78, 5) is 7.25. The number of ether oxygens (including phenoxy) is 1. The van der Waals surface area contributed by atoms with Crippen LogP contribution in [0.25, 0.3) is 10.9 Å². The molecule has 3 unspecified atom stereocenters. The second kappa shape index (κ2) is 9.96. The molecule has 4 heterocycles. The van der Waals surface area contributed by atoms with E-state index in [0.717, 1.165) is 41.9 Å². The molecule has 0 aliphatic carbocycles. The van der Waals surface area contributed by atoms with Crippen LogP contribution in [-0.2, 0) is 0 Å². The van der Waals surface area contributed by atoms with Crippen molar-refractivity contribution in [1.82, 2.24) is 15.2 Å². The van der Waals surface area contributed by atoms with E-state index < -0.39 is 0 Å². The van der Waals surface area contributed by atoms with Crippen LogP contribution in [0.5, 0.6) is 5.75 Å². The zero-order valence-electron chi connectivity index (χ0n) is 20.8. The van der Waals surface area contributed by atoms with Gasteiger partial charge >= 0.3 is 0 Å². The molecular weight excluding hydrogens is 452 g/mol. The highest BCUT2D eigenvalue weighted by molar-refractivity contribution is 7.80. The van der Waals surface area contributed by atoms with E-state index in [-0.39, 0.29) is 6.04 Å². The number of nitrogens with one attached hydrogen (secondary N) is 2. The summed E-state index contributed by atoms with van der Waals surface area (Å²) in [7, 11) is 1.71. The predicted molar refractivity (Wildman–Crippen MR) is 148 cm³/mol. The Morgan fingerprint density at radius 1 is 1.20 bits per heavy atom. The number of aromatic nitrogens is 1. The highest BCUT2D eigenvalue weighted by Gasteiger charge is 2.43. The first-order valence-electron chi connectivity index (χ1n) is 12.4. The smallest absolute Gasteiger partial charge is 0.171 e. The van der Waals surface area contributed by atoms with E-state index in [0.29, 0.717) is 23.0 Å². The second-order valence-electron chi connectivity index (χ2n) is 9.98. The Bertz CT molecular complexity index is 1240. The molecule has 3 aromatic rings. The molecule has 0 amide bonds. The lowest BCUT2D eigenvalue weighted by Gasteiger charge is -2.52. The number of anilines is 1. The lowest BCUT2D eigenvalue weighted by atomic mass is 9.73. The maximum absolute atomic E-state index is 5.87. The monoisotopic (exact) mass is 486 g/mol. The molecule has 2 aromatic carbocycles. The molecule has 3 saturated heterocycles. The van der Waals surface area contributed by atoms with Crippen LogP contribution in [0.1, 0.15) is 35.6 Å². The maximum atomic E-state index is 5.87. The van der Waals surface area contributed by atoms with E-state index in [1.165, 1.54) is 23.1 Å². The zero-order chi connectivity index (χ0) is 24.5. The first-order chi connectivity index (χ1) is 16.9. The van der Waals surface area contributed by atoms with Gasteiger partial charge in [-0.3, -0.25) is 9.88 Å². The molecule has 0 spiro atoms. The third-order valence-electron chi connectivity index (χ3n) is 7.62. The number of benzene rings is 2. The number of fused-ring (bicyclic) bond motifs is 4. The standard InChI is InChI=1S/C29H34N4OS/c1-5-20-17-33-11-9-21(20)15-27(33)28(32-29(35)31-22-13-18(2)12-19(3)14-22)24-8-10-30-26-7-6-23(34-4)16-25(24)26/h5-8,10,12-14,16,20-21,27-28H,1,9,11,15,17H2,2-4H3,(H2,31,32,35)/t20?,21?,27-,28-/m1/s1. The molecule has 5 atom stereocenters. The summed E-state index contributed by atoms with van der Waals surface area (Å²) in [5.41, 5.74) is 5.60. The van der Waals surface area contributed by atoms with Crippen LogP contribution in [0, 0.1) is 25.7 Å². The van der Waals surface area contributed by atoms with Crippen molar-refractivity contribution in [2.45, 2.75) is 38.8 Å². The number of nitrogens with zero attached hydrogens (tertiary/aromatic N) is 2. The predicted octanol–water partition coefficient (Wildman–Crippen LogP) is 5.78. The topological polar surface area (TPSA) is 49.4 Å². The Kier molecular flexibility index (Phi) is 6.76. The van der Waals surface area contributed by atoms with Crippen LogP contribution in [0.4, 0.5) is 5.69 Å². The van der Waals surface area contributed by atoms with Crippen LogP contribution < -0.4 is 15.4 Å². The molecule has 35 heavy (non-hydrogen) atoms. The molecule has 182 valence electrons. The van der Waals surface area contributed by atoms with Gasteiger partial charge in [-0.2, -0.15) is 0 Å². The van der Waals surface area contributed by atoms with E-state index >= 15 is 0 Å². The van der Waals surface area contributed by atoms with Crippen molar-refractivity contribution in [3.63, 3.8) is 0 Å². The van der Waals surface area contributed by atoms with Crippen molar-refractivity contribution < 1.29 is 4.74 Å². The van der Waals surface area contributed by atoms with E-state index in [4.69, 9.17) is 17.0 Å². The van der Waals surface area contributed by atoms with Gasteiger partial charge in [0, 0.05) is 29.9 Å². The Hall–Kier alpha value is -2.96. The van der Waals surface area contributed by atoms with Gasteiger partial charge in [-0.1, -0.05) is 12.1 Å². The SMILES string of the molecule is C=CC1CN2CCC1C[C@@H]2[C@H](NC(=S)Nc1cc(C)cc(C)c1)c1ccnc2ccc(OC)cc12. The van der Waals surface area contributed by atoms with Crippen molar-refractivity contribution in [3.05, 3.63) is 78.0 Å². The average molecular weight is 487 g/mol. The van der Waals surface area contributed by atoms with Crippen LogP contribution in [0.15, 0.2) is 61.3 Å². The fraction of sp³-hybridized carbons (Fsp3) is 0.379. The first-order valence-corrected chi connectivity index (χ1v) is 12.8. The number of pyridine rings is 1. The zero-order valence-corrected chi connectivity index (χ0v) is 21.6. The van der Waals surface area contributed by atoms with Gasteiger partial charge in [0.2, 0.25) is 0 Å². The van der Waals surface area contributed by atoms with E-state index in [1.54, 1.807) is 7.11 Å². The molecule has 0 saturated carbocycles. The minimum absolute atomic E-state index is 0.0204. The van der Waals surface area contributed by atoms with Crippen molar-refractivity contribution in [2.75, 3.05) is 25.5 Å². The number of hydrogen-bond donors (Lipinski definition) is 2. The minimum Gasteiger partial charge on any atom is -0.497 e. The van der Waals surface area contributed by atoms with Crippen LogP contribution in [0.3, 0.4) is 0 Å². The van der Waals surface area contributed by atoms with Gasteiger partial charge in [-0.15, -0.1) is 6.58 Å². The Morgan fingerprint density at radius 3 is 2.69 bits per heavy atom. The molecule has 6 heteroatoms. The van der Waals surface area contributed by atoms with Gasteiger partial charge in [-0.25, -0.2) is 0 Å². The summed E-state index contributed by atoms with van der Waals surface area (Å²) in [6.45, 7) is 10.5. The largest absolute Gasteiger partial charge is 0.497 e. The summed E-state index contributed by atoms with van der Waals surface area (Å²) in [6, 6.07) is 15.0. The summed E-state index contributed by atoms with van der Waals surface area (Å²) in [6.07, 6.45) is 6.40. The summed E-state index contributed by atoms with van der Waals surface area (Å²) >= 11 is 5.87. The third-order valence-corrected chi connectivity index (χ3v) is 7.84. The Balaban J connectivity index is 1.51. The van der Waals surface area contributed by atoms with Gasteiger partial charge in [0.25, 0.3) is 0 Å². The highest BCUT2D eigenvalue weighted by Crippen LogP contribution is 2.42. The highest BCUT2D eigenvalue weighted by atomic mass is 32.1. The Labute approximate surface area is 213 Å². The van der Waals surface area contributed by atoms with Crippen molar-refractivity contribution in [1.29, 1.82) is 0 Å². The maximum Gasteiger partial charge on any atom is 0.171 e. The minimum atomic E-state index is 0.0204. The molecule has 3 fully saturated rings. The normalized spacial score (nSPS) is 24.1. The molecule has 6 rings (SSSR count). The molecule has 3 aliphatic rings. The summed E-state index contributed by atoms with van der Waals surface area (Å²) < 4.78 is 5.56. The number of rotatable bonds is 6. The molecule has 2 N–H and O–H groups in total. The van der Waals surface area contributed by atoms with Crippen molar-refractivity contribution in [3.8, 4) is 5.75 Å². The van der Waals surface area contributed by atoms with E-state index in [9.17, 15) is 0 Å². The number of hydrogen-bond acceptors (Lipinski definition) is 4. The lowest BCUT2D eigenvalue weighted by Crippen LogP contribution is -2.57. The number of thiocarbonyl (C=S) groups is 1. The van der Waals surface area contributed by atoms with Gasteiger partial charge < -0.3 is 15.4 Å². The number of aryl methyl sites for hydroxylation is 2. The van der Waals surface area contributed by atoms with Crippen LogP contribution in [-0.4, -0.2) is 41.2 Å². The van der Waals surface area contributed by atoms with Crippen molar-refractivity contribution in [2.24, 2.45) is 11.8 Å². The van der Waals surface area contributed by atoms with E-state index in [2.05, 4.69) is 77.4 Å². The van der Waals surface area contributed by atoms with Crippen LogP contribution in [0.2, 0.25) is 0 Å². The molecular formula is C29H34N4OS. The van der Waals surface area contributed by atoms with Gasteiger partial charge in [0.05, 0.1) is 18.7 Å². The van der Waals surface area contributed by atoms with Gasteiger partial charge in [0.15, 0.2) is 5.11 Å². The summed E-state index contributed by atoms with van der Waals surface area (Å²) in [5.74, 6) is 2.06. The van der Waals surface area contributed by atoms with Crippen LogP contribution >= 0.6 is 12.2 Å². The van der Waals surface area contributed by atoms with E-state index in [1.807, 2.05) is 18.3 Å². The molecule has 0 radical (unpaired) electrons. The van der Waals surface area contributed by atoms with Gasteiger partial charge in [-0.05, 0) is 110 Å². The fourth-order valence-corrected chi connectivity index (χ4v) is 6.25. The quantitative estimate of drug-likeness (QED) is 0.340. The first kappa shape index (κ1) is 23.8. The number of methoxy groups -OCH3 is 1. The fourth-order valence-electron chi connectivity index (χ4n) is 6.01. The van der Waals surface area contributed by atoms with Crippen molar-refractivity contribution >= 4 is 33.9 Å². The Morgan fingerprint density at radius 2 is 2.00 bits per heavy atom. The van der Waals surface area contributed by atoms with Gasteiger partial charge in [0.1, 0.15) is 5.75 Å². The number of piperidine rings is 3. The molecule has 1 aromatic heterocycles.